The second kappa shape index (κ2) is 10.4. The topological polar surface area (TPSA) is 142 Å². The van der Waals surface area contributed by atoms with Gasteiger partial charge in [-0.1, -0.05) is 12.1 Å². The van der Waals surface area contributed by atoms with E-state index >= 15 is 0 Å². The molecule has 0 saturated carbocycles. The summed E-state index contributed by atoms with van der Waals surface area (Å²) in [6, 6.07) is 13.4. The number of para-hydroxylation sites is 2. The second-order valence-electron chi connectivity index (χ2n) is 8.30. The van der Waals surface area contributed by atoms with Gasteiger partial charge in [0.2, 0.25) is 0 Å². The van der Waals surface area contributed by atoms with Crippen molar-refractivity contribution >= 4 is 44.5 Å². The van der Waals surface area contributed by atoms with Gasteiger partial charge in [0.05, 0.1) is 4.90 Å². The lowest BCUT2D eigenvalue weighted by molar-refractivity contribution is -0.133. The van der Waals surface area contributed by atoms with E-state index in [9.17, 15) is 23.2 Å². The SMILES string of the molecule is CN1CCC(C(=O)NO)(S(=O)(=O)c2ccc(SCCNC(=O)c3nc4ccccc4o3)cc2)CC1. The summed E-state index contributed by atoms with van der Waals surface area (Å²) in [7, 11) is -2.18. The number of rotatable bonds is 8. The Kier molecular flexibility index (Phi) is 7.45. The molecule has 12 heteroatoms. The predicted molar refractivity (Wildman–Crippen MR) is 130 cm³/mol. The number of thioether (sulfide) groups is 1. The van der Waals surface area contributed by atoms with Gasteiger partial charge in [0.1, 0.15) is 5.52 Å². The van der Waals surface area contributed by atoms with Crippen molar-refractivity contribution in [1.82, 2.24) is 20.7 Å². The maximum Gasteiger partial charge on any atom is 0.307 e. The quantitative estimate of drug-likeness (QED) is 0.177. The lowest BCUT2D eigenvalue weighted by atomic mass is 9.95. The molecule has 186 valence electrons. The second-order valence-corrected chi connectivity index (χ2v) is 11.7. The van der Waals surface area contributed by atoms with Gasteiger partial charge in [-0.2, -0.15) is 0 Å². The van der Waals surface area contributed by atoms with E-state index in [0.29, 0.717) is 36.5 Å². The highest BCUT2D eigenvalue weighted by atomic mass is 32.2. The summed E-state index contributed by atoms with van der Waals surface area (Å²) in [6.07, 6.45) is 0.184. The summed E-state index contributed by atoms with van der Waals surface area (Å²) in [5.41, 5.74) is 2.71. The molecule has 1 aliphatic rings. The van der Waals surface area contributed by atoms with Crippen molar-refractivity contribution in [2.45, 2.75) is 27.4 Å². The first-order valence-electron chi connectivity index (χ1n) is 11.0. The predicted octanol–water partition coefficient (Wildman–Crippen LogP) is 2.09. The van der Waals surface area contributed by atoms with Crippen molar-refractivity contribution in [1.29, 1.82) is 0 Å². The lowest BCUT2D eigenvalue weighted by Crippen LogP contribution is -2.57. The molecule has 0 atom stereocenters. The Balaban J connectivity index is 1.35. The third kappa shape index (κ3) is 5.06. The Morgan fingerprint density at radius 3 is 2.49 bits per heavy atom. The van der Waals surface area contributed by atoms with E-state index in [1.807, 2.05) is 18.0 Å². The molecule has 0 bridgehead atoms. The number of oxazole rings is 1. The van der Waals surface area contributed by atoms with E-state index in [1.54, 1.807) is 35.8 Å². The molecule has 2 amide bonds. The summed E-state index contributed by atoms with van der Waals surface area (Å²) < 4.78 is 30.5. The molecule has 0 radical (unpaired) electrons. The Labute approximate surface area is 207 Å². The zero-order chi connectivity index (χ0) is 25.1. The molecule has 1 aromatic heterocycles. The fourth-order valence-electron chi connectivity index (χ4n) is 4.02. The molecule has 3 N–H and O–H groups in total. The summed E-state index contributed by atoms with van der Waals surface area (Å²) in [5.74, 6) is -0.769. The van der Waals surface area contributed by atoms with E-state index in [1.165, 1.54) is 23.9 Å². The lowest BCUT2D eigenvalue weighted by Gasteiger charge is -2.38. The van der Waals surface area contributed by atoms with Gasteiger partial charge in [-0.3, -0.25) is 14.8 Å². The monoisotopic (exact) mass is 518 g/mol. The number of amides is 2. The van der Waals surface area contributed by atoms with Gasteiger partial charge >= 0.3 is 5.91 Å². The van der Waals surface area contributed by atoms with Crippen LogP contribution >= 0.6 is 11.8 Å². The number of hydrogen-bond acceptors (Lipinski definition) is 9. The fourth-order valence-corrected chi connectivity index (χ4v) is 6.74. The average molecular weight is 519 g/mol. The van der Waals surface area contributed by atoms with Crippen LogP contribution in [0.2, 0.25) is 0 Å². The number of carbonyl (C=O) groups excluding carboxylic acids is 2. The number of sulfone groups is 1. The summed E-state index contributed by atoms with van der Waals surface area (Å²) in [5, 5.41) is 12.0. The normalized spacial score (nSPS) is 16.2. The van der Waals surface area contributed by atoms with Gasteiger partial charge in [0.25, 0.3) is 11.8 Å². The molecule has 0 spiro atoms. The number of nitrogens with zero attached hydrogens (tertiary/aromatic N) is 2. The van der Waals surface area contributed by atoms with E-state index in [-0.39, 0.29) is 23.6 Å². The highest BCUT2D eigenvalue weighted by molar-refractivity contribution is 7.99. The number of benzene rings is 2. The molecule has 1 fully saturated rings. The van der Waals surface area contributed by atoms with Gasteiger partial charge in [0.15, 0.2) is 20.2 Å². The van der Waals surface area contributed by atoms with Crippen molar-refractivity contribution in [3.05, 3.63) is 54.4 Å². The number of likely N-dealkylation sites (tertiary alicyclic amines) is 1. The average Bonchev–Trinajstić information content (AvgIpc) is 3.31. The minimum atomic E-state index is -4.04. The molecular formula is C23H26N4O6S2. The molecule has 0 unspecified atom stereocenters. The van der Waals surface area contributed by atoms with Crippen molar-refractivity contribution in [3.8, 4) is 0 Å². The first-order valence-corrected chi connectivity index (χ1v) is 13.5. The summed E-state index contributed by atoms with van der Waals surface area (Å²) in [4.78, 5) is 31.7. The molecule has 35 heavy (non-hydrogen) atoms. The van der Waals surface area contributed by atoms with Gasteiger partial charge in [-0.15, -0.1) is 11.8 Å². The van der Waals surface area contributed by atoms with Crippen LogP contribution in [0.3, 0.4) is 0 Å². The van der Waals surface area contributed by atoms with E-state index in [0.717, 1.165) is 4.90 Å². The van der Waals surface area contributed by atoms with Crippen molar-refractivity contribution in [2.24, 2.45) is 0 Å². The number of hydrogen-bond donors (Lipinski definition) is 3. The minimum Gasteiger partial charge on any atom is -0.432 e. The maximum atomic E-state index is 13.4. The molecule has 0 aliphatic carbocycles. The highest BCUT2D eigenvalue weighted by Gasteiger charge is 2.52. The Morgan fingerprint density at radius 2 is 1.83 bits per heavy atom. The number of carbonyl (C=O) groups is 2. The van der Waals surface area contributed by atoms with Gasteiger partial charge < -0.3 is 14.6 Å². The largest absolute Gasteiger partial charge is 0.432 e. The number of fused-ring (bicyclic) bond motifs is 1. The first kappa shape index (κ1) is 25.2. The molecule has 4 rings (SSSR count). The molecule has 10 nitrogen and oxygen atoms in total. The minimum absolute atomic E-state index is 0.000474. The van der Waals surface area contributed by atoms with Crippen LogP contribution in [0.25, 0.3) is 11.1 Å². The van der Waals surface area contributed by atoms with E-state index in [4.69, 9.17) is 4.42 Å². The van der Waals surface area contributed by atoms with Crippen molar-refractivity contribution in [3.63, 3.8) is 0 Å². The number of piperidine rings is 1. The third-order valence-corrected chi connectivity index (χ3v) is 9.63. The molecular weight excluding hydrogens is 492 g/mol. The Hall–Kier alpha value is -2.93. The zero-order valence-corrected chi connectivity index (χ0v) is 20.7. The third-order valence-electron chi connectivity index (χ3n) is 6.10. The molecule has 3 aromatic rings. The Morgan fingerprint density at radius 1 is 1.14 bits per heavy atom. The van der Waals surface area contributed by atoms with Crippen LogP contribution in [0.5, 0.6) is 0 Å². The van der Waals surface area contributed by atoms with Crippen molar-refractivity contribution in [2.75, 3.05) is 32.4 Å². The Bertz CT molecular complexity index is 1280. The van der Waals surface area contributed by atoms with E-state index < -0.39 is 26.4 Å². The van der Waals surface area contributed by atoms with Crippen LogP contribution in [-0.2, 0) is 14.6 Å². The smallest absolute Gasteiger partial charge is 0.307 e. The van der Waals surface area contributed by atoms with Crippen LogP contribution < -0.4 is 10.8 Å². The zero-order valence-electron chi connectivity index (χ0n) is 19.1. The maximum absolute atomic E-state index is 13.4. The molecule has 1 aliphatic heterocycles. The van der Waals surface area contributed by atoms with Gasteiger partial charge in [-0.05, 0) is 69.4 Å². The fraction of sp³-hybridized carbons (Fsp3) is 0.348. The van der Waals surface area contributed by atoms with Crippen molar-refractivity contribution < 1.29 is 27.6 Å². The summed E-state index contributed by atoms with van der Waals surface area (Å²) in [6.45, 7) is 1.21. The molecule has 2 heterocycles. The number of nitrogens with one attached hydrogen (secondary N) is 2. The van der Waals surface area contributed by atoms with Gasteiger partial charge in [0, 0.05) is 17.2 Å². The van der Waals surface area contributed by atoms with Crippen LogP contribution in [0.4, 0.5) is 0 Å². The van der Waals surface area contributed by atoms with Gasteiger partial charge in [-0.25, -0.2) is 18.9 Å². The number of hydroxylamine groups is 1. The molecule has 2 aromatic carbocycles. The number of aromatic nitrogens is 1. The van der Waals surface area contributed by atoms with E-state index in [2.05, 4.69) is 10.3 Å². The van der Waals surface area contributed by atoms with Crippen LogP contribution in [0.15, 0.2) is 62.7 Å². The first-order chi connectivity index (χ1) is 16.8. The molecule has 1 saturated heterocycles. The van der Waals surface area contributed by atoms with Crippen LogP contribution in [0.1, 0.15) is 23.5 Å². The standard InChI is InChI=1S/C23H26N4O6S2/c1-27-13-10-23(11-14-27,22(29)26-30)35(31,32)17-8-6-16(7-9-17)34-15-12-24-20(28)21-25-18-4-2-3-5-19(18)33-21/h2-9,30H,10-15H2,1H3,(H,24,28)(H,26,29). The van der Waals surface area contributed by atoms with Crippen LogP contribution in [0, 0.1) is 0 Å². The van der Waals surface area contributed by atoms with Crippen LogP contribution in [-0.4, -0.2) is 72.5 Å². The summed E-state index contributed by atoms with van der Waals surface area (Å²) >= 11 is 1.44. The highest BCUT2D eigenvalue weighted by Crippen LogP contribution is 2.36.